The SMILES string of the molecule is Cc1nc(-c2ccc(C(=O)CC(CC(C)C)C(=O)O)cc2)cs1. The van der Waals surface area contributed by atoms with Gasteiger partial charge < -0.3 is 5.11 Å². The van der Waals surface area contributed by atoms with E-state index in [4.69, 9.17) is 0 Å². The third-order valence-corrected chi connectivity index (χ3v) is 4.43. The molecule has 122 valence electrons. The van der Waals surface area contributed by atoms with Gasteiger partial charge in [-0.25, -0.2) is 4.98 Å². The molecule has 1 aromatic heterocycles. The number of ketones is 1. The molecule has 0 bridgehead atoms. The molecule has 0 fully saturated rings. The molecule has 1 unspecified atom stereocenters. The quantitative estimate of drug-likeness (QED) is 0.762. The van der Waals surface area contributed by atoms with E-state index in [9.17, 15) is 14.7 Å². The fourth-order valence-electron chi connectivity index (χ4n) is 2.51. The molecule has 0 amide bonds. The Balaban J connectivity index is 2.09. The number of carboxylic acids is 1. The molecule has 0 aliphatic carbocycles. The number of aliphatic carboxylic acids is 1. The molecule has 1 aromatic carbocycles. The number of aromatic nitrogens is 1. The molecule has 0 saturated carbocycles. The van der Waals surface area contributed by atoms with Crippen LogP contribution in [0.25, 0.3) is 11.3 Å². The van der Waals surface area contributed by atoms with Gasteiger partial charge >= 0.3 is 5.97 Å². The van der Waals surface area contributed by atoms with Gasteiger partial charge in [-0.05, 0) is 19.3 Å². The van der Waals surface area contributed by atoms with Crippen LogP contribution in [0.15, 0.2) is 29.6 Å². The molecule has 4 nitrogen and oxygen atoms in total. The second kappa shape index (κ2) is 7.51. The van der Waals surface area contributed by atoms with E-state index in [-0.39, 0.29) is 18.1 Å². The average Bonchev–Trinajstić information content (AvgIpc) is 2.92. The average molecular weight is 331 g/mol. The van der Waals surface area contributed by atoms with Crippen molar-refractivity contribution in [2.45, 2.75) is 33.6 Å². The van der Waals surface area contributed by atoms with E-state index in [0.717, 1.165) is 16.3 Å². The number of carbonyl (C=O) groups is 2. The van der Waals surface area contributed by atoms with Gasteiger partial charge in [0.1, 0.15) is 0 Å². The number of hydrogen-bond acceptors (Lipinski definition) is 4. The third-order valence-electron chi connectivity index (χ3n) is 3.66. The topological polar surface area (TPSA) is 67.3 Å². The van der Waals surface area contributed by atoms with Crippen LogP contribution in [0.2, 0.25) is 0 Å². The first kappa shape index (κ1) is 17.3. The number of thiazole rings is 1. The number of rotatable bonds is 7. The standard InChI is InChI=1S/C18H21NO3S/c1-11(2)8-15(18(21)22)9-17(20)14-6-4-13(5-7-14)16-10-23-12(3)19-16/h4-7,10-11,15H,8-9H2,1-3H3,(H,21,22). The van der Waals surface area contributed by atoms with Crippen molar-refractivity contribution in [3.8, 4) is 11.3 Å². The minimum absolute atomic E-state index is 0.0443. The molecule has 0 aliphatic heterocycles. The van der Waals surface area contributed by atoms with Gasteiger partial charge in [0.05, 0.1) is 16.6 Å². The van der Waals surface area contributed by atoms with E-state index in [1.165, 1.54) is 0 Å². The van der Waals surface area contributed by atoms with E-state index < -0.39 is 11.9 Å². The number of nitrogens with zero attached hydrogens (tertiary/aromatic N) is 1. The maximum absolute atomic E-state index is 12.3. The van der Waals surface area contributed by atoms with Crippen LogP contribution in [0.1, 0.15) is 42.1 Å². The monoisotopic (exact) mass is 331 g/mol. The predicted molar refractivity (Wildman–Crippen MR) is 91.8 cm³/mol. The van der Waals surface area contributed by atoms with Crippen LogP contribution >= 0.6 is 11.3 Å². The fraction of sp³-hybridized carbons (Fsp3) is 0.389. The number of benzene rings is 1. The molecule has 2 aromatic rings. The highest BCUT2D eigenvalue weighted by Crippen LogP contribution is 2.23. The molecule has 0 aliphatic rings. The summed E-state index contributed by atoms with van der Waals surface area (Å²) in [6.07, 6.45) is 0.555. The largest absolute Gasteiger partial charge is 0.481 e. The van der Waals surface area contributed by atoms with Gasteiger partial charge in [-0.3, -0.25) is 9.59 Å². The number of hydrogen-bond donors (Lipinski definition) is 1. The molecule has 5 heteroatoms. The summed E-state index contributed by atoms with van der Waals surface area (Å²) in [5, 5.41) is 12.2. The lowest BCUT2D eigenvalue weighted by Crippen LogP contribution is -2.20. The Labute approximate surface area is 140 Å². The third kappa shape index (κ3) is 4.73. The van der Waals surface area contributed by atoms with Crippen molar-refractivity contribution >= 4 is 23.1 Å². The van der Waals surface area contributed by atoms with Gasteiger partial charge in [-0.1, -0.05) is 38.1 Å². The Hall–Kier alpha value is -2.01. The van der Waals surface area contributed by atoms with Crippen molar-refractivity contribution < 1.29 is 14.7 Å². The molecule has 2 rings (SSSR count). The first-order chi connectivity index (χ1) is 10.9. The van der Waals surface area contributed by atoms with Crippen LogP contribution in [0.3, 0.4) is 0 Å². The van der Waals surface area contributed by atoms with E-state index in [2.05, 4.69) is 4.98 Å². The van der Waals surface area contributed by atoms with Crippen LogP contribution in [0, 0.1) is 18.8 Å². The highest BCUT2D eigenvalue weighted by atomic mass is 32.1. The van der Waals surface area contributed by atoms with E-state index in [0.29, 0.717) is 12.0 Å². The zero-order valence-electron chi connectivity index (χ0n) is 13.6. The van der Waals surface area contributed by atoms with Gasteiger partial charge in [-0.2, -0.15) is 0 Å². The van der Waals surface area contributed by atoms with E-state index >= 15 is 0 Å². The Morgan fingerprint density at radius 1 is 1.22 bits per heavy atom. The van der Waals surface area contributed by atoms with Crippen molar-refractivity contribution in [3.63, 3.8) is 0 Å². The zero-order valence-corrected chi connectivity index (χ0v) is 14.4. The Morgan fingerprint density at radius 3 is 2.35 bits per heavy atom. The van der Waals surface area contributed by atoms with Crippen LogP contribution in [-0.4, -0.2) is 21.8 Å². The van der Waals surface area contributed by atoms with Gasteiger partial charge in [0, 0.05) is 22.9 Å². The van der Waals surface area contributed by atoms with Crippen molar-refractivity contribution in [1.82, 2.24) is 4.98 Å². The second-order valence-corrected chi connectivity index (χ2v) is 7.18. The van der Waals surface area contributed by atoms with Gasteiger partial charge in [-0.15, -0.1) is 11.3 Å². The van der Waals surface area contributed by atoms with Crippen LogP contribution in [0.4, 0.5) is 0 Å². The summed E-state index contributed by atoms with van der Waals surface area (Å²) >= 11 is 1.58. The minimum atomic E-state index is -0.901. The van der Waals surface area contributed by atoms with Gasteiger partial charge in [0.15, 0.2) is 5.78 Å². The van der Waals surface area contributed by atoms with Crippen molar-refractivity contribution in [2.24, 2.45) is 11.8 Å². The molecule has 0 spiro atoms. The smallest absolute Gasteiger partial charge is 0.306 e. The molecular formula is C18H21NO3S. The molecule has 0 radical (unpaired) electrons. The first-order valence-corrected chi connectivity index (χ1v) is 8.53. The molecule has 1 atom stereocenters. The van der Waals surface area contributed by atoms with Crippen molar-refractivity contribution in [3.05, 3.63) is 40.2 Å². The molecule has 1 N–H and O–H groups in total. The normalized spacial score (nSPS) is 12.3. The maximum atomic E-state index is 12.3. The maximum Gasteiger partial charge on any atom is 0.306 e. The number of carboxylic acid groups (broad SMARTS) is 1. The summed E-state index contributed by atoms with van der Waals surface area (Å²) in [6.45, 7) is 5.88. The number of aryl methyl sites for hydroxylation is 1. The summed E-state index contributed by atoms with van der Waals surface area (Å²) in [6, 6.07) is 7.22. The van der Waals surface area contributed by atoms with Crippen LogP contribution in [0.5, 0.6) is 0 Å². The summed E-state index contributed by atoms with van der Waals surface area (Å²) in [5.74, 6) is -1.40. The molecule has 1 heterocycles. The van der Waals surface area contributed by atoms with E-state index in [1.807, 2.05) is 38.3 Å². The summed E-state index contributed by atoms with van der Waals surface area (Å²) in [5.41, 5.74) is 2.41. The van der Waals surface area contributed by atoms with Crippen LogP contribution < -0.4 is 0 Å². The van der Waals surface area contributed by atoms with Crippen LogP contribution in [-0.2, 0) is 4.79 Å². The molecule has 0 saturated heterocycles. The number of Topliss-reactive ketones (excluding diaryl/α,β-unsaturated/α-hetero) is 1. The van der Waals surface area contributed by atoms with Crippen molar-refractivity contribution in [1.29, 1.82) is 0 Å². The van der Waals surface area contributed by atoms with Crippen molar-refractivity contribution in [2.75, 3.05) is 0 Å². The molecule has 23 heavy (non-hydrogen) atoms. The highest BCUT2D eigenvalue weighted by Gasteiger charge is 2.23. The first-order valence-electron chi connectivity index (χ1n) is 7.65. The van der Waals surface area contributed by atoms with E-state index in [1.54, 1.807) is 23.5 Å². The lowest BCUT2D eigenvalue weighted by molar-refractivity contribution is -0.142. The second-order valence-electron chi connectivity index (χ2n) is 6.12. The van der Waals surface area contributed by atoms with Gasteiger partial charge in [0.2, 0.25) is 0 Å². The predicted octanol–water partition coefficient (Wildman–Crippen LogP) is 4.44. The molecular weight excluding hydrogens is 310 g/mol. The summed E-state index contributed by atoms with van der Waals surface area (Å²) < 4.78 is 0. The van der Waals surface area contributed by atoms with Gasteiger partial charge in [0.25, 0.3) is 0 Å². The Morgan fingerprint density at radius 2 is 1.87 bits per heavy atom. The lowest BCUT2D eigenvalue weighted by Gasteiger charge is -2.13. The fourth-order valence-corrected chi connectivity index (χ4v) is 3.13. The summed E-state index contributed by atoms with van der Waals surface area (Å²) in [4.78, 5) is 28.0. The minimum Gasteiger partial charge on any atom is -0.481 e. The summed E-state index contributed by atoms with van der Waals surface area (Å²) in [7, 11) is 0. The lowest BCUT2D eigenvalue weighted by atomic mass is 9.90. The highest BCUT2D eigenvalue weighted by molar-refractivity contribution is 7.09. The Kier molecular flexibility index (Phi) is 5.66. The number of carbonyl (C=O) groups excluding carboxylic acids is 1. The zero-order chi connectivity index (χ0) is 17.0. The Bertz CT molecular complexity index is 689.